The molecule has 1 unspecified atom stereocenters. The summed E-state index contributed by atoms with van der Waals surface area (Å²) in [5.74, 6) is 0.298. The minimum absolute atomic E-state index is 0.155. The van der Waals surface area contributed by atoms with Crippen molar-refractivity contribution < 1.29 is 19.1 Å². The van der Waals surface area contributed by atoms with Gasteiger partial charge < -0.3 is 20.1 Å². The number of rotatable bonds is 8. The van der Waals surface area contributed by atoms with Gasteiger partial charge in [-0.25, -0.2) is 4.98 Å². The van der Waals surface area contributed by atoms with Crippen LogP contribution in [-0.4, -0.2) is 55.6 Å². The second-order valence-corrected chi connectivity index (χ2v) is 7.13. The summed E-state index contributed by atoms with van der Waals surface area (Å²) in [5, 5.41) is 0.794. The van der Waals surface area contributed by atoms with Gasteiger partial charge in [0.2, 0.25) is 11.8 Å². The number of pyridine rings is 1. The third-order valence-corrected chi connectivity index (χ3v) is 4.42. The smallest absolute Gasteiger partial charge is 0.293 e. The van der Waals surface area contributed by atoms with Crippen LogP contribution >= 0.6 is 11.6 Å². The lowest BCUT2D eigenvalue weighted by Crippen LogP contribution is -2.44. The van der Waals surface area contributed by atoms with E-state index in [0.29, 0.717) is 25.3 Å². The number of nitrogens with two attached hydrogens (primary N) is 1. The van der Waals surface area contributed by atoms with Gasteiger partial charge >= 0.3 is 0 Å². The molecule has 2 N–H and O–H groups in total. The summed E-state index contributed by atoms with van der Waals surface area (Å²) in [4.78, 5) is 27.5. The van der Waals surface area contributed by atoms with Crippen LogP contribution in [0, 0.1) is 0 Å². The molecule has 3 rings (SSSR count). The zero-order chi connectivity index (χ0) is 24.3. The van der Waals surface area contributed by atoms with Gasteiger partial charge in [0.1, 0.15) is 6.61 Å². The predicted molar refractivity (Wildman–Crippen MR) is 130 cm³/mol. The molecule has 0 fully saturated rings. The largest absolute Gasteiger partial charge is 0.481 e. The zero-order valence-corrected chi connectivity index (χ0v) is 19.6. The summed E-state index contributed by atoms with van der Waals surface area (Å²) in [6, 6.07) is 24.3. The second-order valence-electron chi connectivity index (χ2n) is 6.70. The number of carbonyl (C=O) groups is 2. The van der Waals surface area contributed by atoms with E-state index in [2.05, 4.69) is 9.72 Å². The first-order chi connectivity index (χ1) is 16.0. The van der Waals surface area contributed by atoms with E-state index in [4.69, 9.17) is 22.1 Å². The molecule has 0 aliphatic heterocycles. The molecular formula is C25H30ClN3O4. The molecule has 1 heterocycles. The monoisotopic (exact) mass is 471 g/mol. The minimum atomic E-state index is -0.661. The summed E-state index contributed by atoms with van der Waals surface area (Å²) in [7, 11) is 3.15. The lowest BCUT2D eigenvalue weighted by Gasteiger charge is -2.20. The molecule has 0 aliphatic carbocycles. The highest BCUT2D eigenvalue weighted by molar-refractivity contribution is 6.30. The van der Waals surface area contributed by atoms with Gasteiger partial charge in [-0.15, -0.1) is 0 Å². The third kappa shape index (κ3) is 12.9. The van der Waals surface area contributed by atoms with Crippen molar-refractivity contribution in [2.24, 2.45) is 5.73 Å². The number of aromatic nitrogens is 1. The predicted octanol–water partition coefficient (Wildman–Crippen LogP) is 3.62. The number of hydrogen-bond donors (Lipinski definition) is 1. The molecule has 1 atom stereocenters. The van der Waals surface area contributed by atoms with Gasteiger partial charge in [0, 0.05) is 24.3 Å². The van der Waals surface area contributed by atoms with Crippen molar-refractivity contribution >= 4 is 24.0 Å². The molecule has 33 heavy (non-hydrogen) atoms. The van der Waals surface area contributed by atoms with Gasteiger partial charge in [-0.1, -0.05) is 72.3 Å². The molecule has 0 bridgehead atoms. The first-order valence-corrected chi connectivity index (χ1v) is 10.6. The van der Waals surface area contributed by atoms with Gasteiger partial charge in [0.15, 0.2) is 0 Å². The molecule has 0 spiro atoms. The van der Waals surface area contributed by atoms with E-state index < -0.39 is 6.04 Å². The van der Waals surface area contributed by atoms with Crippen molar-refractivity contribution in [3.05, 3.63) is 95.6 Å². The van der Waals surface area contributed by atoms with Crippen LogP contribution in [0.15, 0.2) is 85.1 Å². The van der Waals surface area contributed by atoms with Crippen LogP contribution in [0.1, 0.15) is 5.56 Å². The van der Waals surface area contributed by atoms with Gasteiger partial charge in [0.05, 0.1) is 19.7 Å². The molecule has 2 aromatic carbocycles. The minimum Gasteiger partial charge on any atom is -0.481 e. The van der Waals surface area contributed by atoms with E-state index in [-0.39, 0.29) is 12.5 Å². The number of ether oxygens (including phenoxy) is 2. The highest BCUT2D eigenvalue weighted by Gasteiger charge is 2.18. The SMILES string of the molecule is COc1ccc(CC(N)C(=O)N(C)CCOC=O)cn1.Clc1ccccc1.c1ccccc1. The molecular weight excluding hydrogens is 442 g/mol. The molecule has 0 saturated heterocycles. The van der Waals surface area contributed by atoms with Gasteiger partial charge in [-0.2, -0.15) is 0 Å². The van der Waals surface area contributed by atoms with Gasteiger partial charge in [-0.3, -0.25) is 9.59 Å². The maximum absolute atomic E-state index is 12.0. The molecule has 8 heteroatoms. The van der Waals surface area contributed by atoms with E-state index >= 15 is 0 Å². The van der Waals surface area contributed by atoms with Crippen LogP contribution in [0.4, 0.5) is 0 Å². The zero-order valence-electron chi connectivity index (χ0n) is 18.8. The molecule has 7 nitrogen and oxygen atoms in total. The van der Waals surface area contributed by atoms with Crippen LogP contribution in [-0.2, 0) is 20.7 Å². The van der Waals surface area contributed by atoms with E-state index in [1.165, 1.54) is 12.0 Å². The third-order valence-electron chi connectivity index (χ3n) is 4.17. The molecule has 176 valence electrons. The number of likely N-dealkylation sites (N-methyl/N-ethyl adjacent to an activating group) is 1. The molecule has 3 aromatic rings. The Labute approximate surface area is 200 Å². The van der Waals surface area contributed by atoms with Crippen LogP contribution in [0.25, 0.3) is 0 Å². The van der Waals surface area contributed by atoms with Crippen molar-refractivity contribution in [3.8, 4) is 5.88 Å². The van der Waals surface area contributed by atoms with Crippen molar-refractivity contribution in [2.45, 2.75) is 12.5 Å². The summed E-state index contributed by atoms with van der Waals surface area (Å²) < 4.78 is 9.49. The Morgan fingerprint density at radius 2 is 1.64 bits per heavy atom. The summed E-state index contributed by atoms with van der Waals surface area (Å²) in [5.41, 5.74) is 6.72. The first-order valence-electron chi connectivity index (χ1n) is 10.2. The van der Waals surface area contributed by atoms with Crippen LogP contribution < -0.4 is 10.5 Å². The van der Waals surface area contributed by atoms with Crippen molar-refractivity contribution in [3.63, 3.8) is 0 Å². The highest BCUT2D eigenvalue weighted by atomic mass is 35.5. The lowest BCUT2D eigenvalue weighted by molar-refractivity contribution is -0.135. The van der Waals surface area contributed by atoms with E-state index in [1.54, 1.807) is 19.3 Å². The Bertz CT molecular complexity index is 870. The number of benzene rings is 2. The number of nitrogens with zero attached hydrogens (tertiary/aromatic N) is 2. The van der Waals surface area contributed by atoms with Gasteiger partial charge in [-0.05, 0) is 24.1 Å². The Hall–Kier alpha value is -3.42. The fourth-order valence-corrected chi connectivity index (χ4v) is 2.57. The number of carbonyl (C=O) groups excluding carboxylic acids is 2. The van der Waals surface area contributed by atoms with Gasteiger partial charge in [0.25, 0.3) is 6.47 Å². The average Bonchev–Trinajstić information content (AvgIpc) is 2.86. The van der Waals surface area contributed by atoms with Crippen molar-refractivity contribution in [1.29, 1.82) is 0 Å². The summed E-state index contributed by atoms with van der Waals surface area (Å²) in [6.45, 7) is 0.815. The van der Waals surface area contributed by atoms with Crippen LogP contribution in [0.3, 0.4) is 0 Å². The lowest BCUT2D eigenvalue weighted by atomic mass is 10.1. The topological polar surface area (TPSA) is 94.8 Å². The fourth-order valence-electron chi connectivity index (χ4n) is 2.42. The second kappa shape index (κ2) is 17.2. The number of methoxy groups -OCH3 is 1. The van der Waals surface area contributed by atoms with E-state index in [0.717, 1.165) is 10.6 Å². The van der Waals surface area contributed by atoms with Crippen molar-refractivity contribution in [1.82, 2.24) is 9.88 Å². The quantitative estimate of drug-likeness (QED) is 0.398. The number of hydrogen-bond acceptors (Lipinski definition) is 6. The molecule has 0 aliphatic rings. The van der Waals surface area contributed by atoms with Crippen molar-refractivity contribution in [2.75, 3.05) is 27.3 Å². The Morgan fingerprint density at radius 1 is 1.06 bits per heavy atom. The Balaban J connectivity index is 0.000000335. The summed E-state index contributed by atoms with van der Waals surface area (Å²) >= 11 is 5.54. The normalized spacial score (nSPS) is 10.3. The van der Waals surface area contributed by atoms with Crippen LogP contribution in [0.2, 0.25) is 5.02 Å². The number of amides is 1. The molecule has 0 saturated carbocycles. The van der Waals surface area contributed by atoms with E-state index in [1.807, 2.05) is 72.8 Å². The van der Waals surface area contributed by atoms with E-state index in [9.17, 15) is 9.59 Å². The maximum Gasteiger partial charge on any atom is 0.293 e. The standard InChI is InChI=1S/C13H19N3O4.C6H5Cl.C6H6/c1-16(5-6-20-9-17)13(18)11(14)7-10-3-4-12(19-2)15-8-10;7-6-4-2-1-3-5-6;1-2-4-6-5-3-1/h3-4,8-9,11H,5-7,14H2,1-2H3;1-5H;1-6H. The fraction of sp³-hybridized carbons (Fsp3) is 0.240. The maximum atomic E-state index is 12.0. The average molecular weight is 472 g/mol. The number of halogens is 1. The first kappa shape index (κ1) is 27.6. The highest BCUT2D eigenvalue weighted by Crippen LogP contribution is 2.09. The van der Waals surface area contributed by atoms with Crippen LogP contribution in [0.5, 0.6) is 5.88 Å². The molecule has 1 aromatic heterocycles. The molecule has 1 amide bonds. The molecule has 0 radical (unpaired) electrons. The Kier molecular flexibility index (Phi) is 14.4. The Morgan fingerprint density at radius 3 is 2.06 bits per heavy atom. The summed E-state index contributed by atoms with van der Waals surface area (Å²) in [6.07, 6.45) is 2.01.